The molecule has 0 aliphatic carbocycles. The molecule has 0 unspecified atom stereocenters. The highest BCUT2D eigenvalue weighted by atomic mass is 19.2. The number of piperidine rings is 1. The van der Waals surface area contributed by atoms with Gasteiger partial charge in [-0.3, -0.25) is 4.79 Å². The first-order valence-corrected chi connectivity index (χ1v) is 6.20. The monoisotopic (exact) mass is 288 g/mol. The molecule has 0 bridgehead atoms. The lowest BCUT2D eigenvalue weighted by atomic mass is 9.91. The van der Waals surface area contributed by atoms with Crippen molar-refractivity contribution in [3.8, 4) is 0 Å². The van der Waals surface area contributed by atoms with Crippen molar-refractivity contribution in [1.29, 1.82) is 0 Å². The van der Waals surface area contributed by atoms with Gasteiger partial charge in [0.25, 0.3) is 5.91 Å². The van der Waals surface area contributed by atoms with Crippen LogP contribution in [-0.4, -0.2) is 31.7 Å². The first kappa shape index (κ1) is 14.8. The number of hydrogen-bond donors (Lipinski definition) is 2. The Kier molecular flexibility index (Phi) is 4.29. The lowest BCUT2D eigenvalue weighted by Crippen LogP contribution is -2.51. The van der Waals surface area contributed by atoms with Crippen LogP contribution in [0.2, 0.25) is 0 Å². The molecule has 1 aromatic rings. The fourth-order valence-corrected chi connectivity index (χ4v) is 2.23. The number of carbonyl (C=O) groups excluding carboxylic acids is 1. The Balaban J connectivity index is 2.18. The Hall–Kier alpha value is -1.60. The minimum absolute atomic E-state index is 0.138. The Morgan fingerprint density at radius 2 is 1.80 bits per heavy atom. The van der Waals surface area contributed by atoms with E-state index in [1.165, 1.54) is 7.11 Å². The third-order valence-corrected chi connectivity index (χ3v) is 3.46. The summed E-state index contributed by atoms with van der Waals surface area (Å²) in [6.45, 7) is 1.21. The molecule has 0 saturated carbocycles. The summed E-state index contributed by atoms with van der Waals surface area (Å²) in [6.07, 6.45) is 0.892. The lowest BCUT2D eigenvalue weighted by Gasteiger charge is -2.34. The average Bonchev–Trinajstić information content (AvgIpc) is 2.45. The van der Waals surface area contributed by atoms with Crippen molar-refractivity contribution >= 4 is 11.6 Å². The van der Waals surface area contributed by atoms with Gasteiger partial charge in [0.2, 0.25) is 0 Å². The zero-order chi connectivity index (χ0) is 14.8. The van der Waals surface area contributed by atoms with Crippen LogP contribution in [0.4, 0.5) is 18.9 Å². The molecule has 1 amide bonds. The second kappa shape index (κ2) is 5.80. The van der Waals surface area contributed by atoms with Gasteiger partial charge in [0, 0.05) is 24.9 Å². The molecular formula is C13H15F3N2O2. The molecule has 0 spiro atoms. The van der Waals surface area contributed by atoms with Gasteiger partial charge in [-0.05, 0) is 25.9 Å². The SMILES string of the molecule is COC1(C(=O)Nc2cc(F)c(F)c(F)c2)CCNCC1. The normalized spacial score (nSPS) is 17.8. The van der Waals surface area contributed by atoms with E-state index < -0.39 is 29.0 Å². The van der Waals surface area contributed by atoms with E-state index in [1.807, 2.05) is 0 Å². The average molecular weight is 288 g/mol. The quantitative estimate of drug-likeness (QED) is 0.834. The Morgan fingerprint density at radius 3 is 2.30 bits per heavy atom. The highest BCUT2D eigenvalue weighted by Crippen LogP contribution is 2.25. The van der Waals surface area contributed by atoms with Crippen LogP contribution in [0.15, 0.2) is 12.1 Å². The Morgan fingerprint density at radius 1 is 1.25 bits per heavy atom. The van der Waals surface area contributed by atoms with Gasteiger partial charge in [-0.2, -0.15) is 0 Å². The number of carbonyl (C=O) groups is 1. The first-order chi connectivity index (χ1) is 9.48. The van der Waals surface area contributed by atoms with Crippen molar-refractivity contribution in [3.63, 3.8) is 0 Å². The standard InChI is InChI=1S/C13H15F3N2O2/c1-20-13(2-4-17-5-3-13)12(19)18-8-6-9(14)11(16)10(15)7-8/h6-7,17H,2-5H2,1H3,(H,18,19). The molecule has 1 aromatic carbocycles. The molecule has 1 heterocycles. The summed E-state index contributed by atoms with van der Waals surface area (Å²) in [5, 5.41) is 5.46. The first-order valence-electron chi connectivity index (χ1n) is 6.20. The van der Waals surface area contributed by atoms with E-state index in [2.05, 4.69) is 10.6 Å². The molecular weight excluding hydrogens is 273 g/mol. The summed E-state index contributed by atoms with van der Waals surface area (Å²) in [6, 6.07) is 1.47. The predicted octanol–water partition coefficient (Wildman–Crippen LogP) is 1.81. The molecule has 1 aliphatic rings. The van der Waals surface area contributed by atoms with Gasteiger partial charge in [0.15, 0.2) is 17.5 Å². The van der Waals surface area contributed by atoms with Gasteiger partial charge < -0.3 is 15.4 Å². The van der Waals surface area contributed by atoms with E-state index in [4.69, 9.17) is 4.74 Å². The molecule has 7 heteroatoms. The second-order valence-electron chi connectivity index (χ2n) is 4.66. The number of hydrogen-bond acceptors (Lipinski definition) is 3. The molecule has 0 atom stereocenters. The maximum atomic E-state index is 13.1. The Labute approximate surface area is 114 Å². The third-order valence-electron chi connectivity index (χ3n) is 3.46. The molecule has 0 radical (unpaired) electrons. The van der Waals surface area contributed by atoms with Gasteiger partial charge >= 0.3 is 0 Å². The number of nitrogens with one attached hydrogen (secondary N) is 2. The van der Waals surface area contributed by atoms with Crippen LogP contribution in [0.5, 0.6) is 0 Å². The van der Waals surface area contributed by atoms with E-state index in [1.54, 1.807) is 0 Å². The van der Waals surface area contributed by atoms with Crippen LogP contribution in [0.1, 0.15) is 12.8 Å². The van der Waals surface area contributed by atoms with Gasteiger partial charge in [0.1, 0.15) is 5.60 Å². The van der Waals surface area contributed by atoms with Gasteiger partial charge in [0.05, 0.1) is 0 Å². The van der Waals surface area contributed by atoms with Crippen molar-refractivity contribution in [2.24, 2.45) is 0 Å². The van der Waals surface area contributed by atoms with Crippen LogP contribution >= 0.6 is 0 Å². The number of halogens is 3. The van der Waals surface area contributed by atoms with Crippen molar-refractivity contribution in [2.45, 2.75) is 18.4 Å². The molecule has 110 valence electrons. The number of rotatable bonds is 3. The van der Waals surface area contributed by atoms with Crippen LogP contribution in [-0.2, 0) is 9.53 Å². The van der Waals surface area contributed by atoms with Crippen LogP contribution < -0.4 is 10.6 Å². The molecule has 2 rings (SSSR count). The van der Waals surface area contributed by atoms with Crippen LogP contribution in [0, 0.1) is 17.5 Å². The number of amides is 1. The second-order valence-corrected chi connectivity index (χ2v) is 4.66. The minimum Gasteiger partial charge on any atom is -0.368 e. The van der Waals surface area contributed by atoms with E-state index in [0.717, 1.165) is 12.1 Å². The molecule has 0 aromatic heterocycles. The molecule has 4 nitrogen and oxygen atoms in total. The van der Waals surface area contributed by atoms with Gasteiger partial charge in [-0.25, -0.2) is 13.2 Å². The van der Waals surface area contributed by atoms with Crippen LogP contribution in [0.3, 0.4) is 0 Å². The molecule has 1 saturated heterocycles. The smallest absolute Gasteiger partial charge is 0.256 e. The van der Waals surface area contributed by atoms with Gasteiger partial charge in [-0.15, -0.1) is 0 Å². The van der Waals surface area contributed by atoms with Crippen molar-refractivity contribution in [3.05, 3.63) is 29.6 Å². The third kappa shape index (κ3) is 2.78. The van der Waals surface area contributed by atoms with Crippen molar-refractivity contribution < 1.29 is 22.7 Å². The number of ether oxygens (including phenoxy) is 1. The molecule has 2 N–H and O–H groups in total. The van der Waals surface area contributed by atoms with Crippen molar-refractivity contribution in [1.82, 2.24) is 5.32 Å². The Bertz CT molecular complexity index is 493. The molecule has 1 aliphatic heterocycles. The van der Waals surface area contributed by atoms with Gasteiger partial charge in [-0.1, -0.05) is 0 Å². The summed E-state index contributed by atoms with van der Waals surface area (Å²) in [5.74, 6) is -4.76. The predicted molar refractivity (Wildman–Crippen MR) is 66.8 cm³/mol. The maximum Gasteiger partial charge on any atom is 0.256 e. The topological polar surface area (TPSA) is 50.4 Å². The fraction of sp³-hybridized carbons (Fsp3) is 0.462. The lowest BCUT2D eigenvalue weighted by molar-refractivity contribution is -0.140. The van der Waals surface area contributed by atoms with E-state index in [0.29, 0.717) is 25.9 Å². The fourth-order valence-electron chi connectivity index (χ4n) is 2.23. The zero-order valence-electron chi connectivity index (χ0n) is 10.9. The summed E-state index contributed by atoms with van der Waals surface area (Å²) in [4.78, 5) is 12.2. The van der Waals surface area contributed by atoms with E-state index in [9.17, 15) is 18.0 Å². The molecule has 1 fully saturated rings. The van der Waals surface area contributed by atoms with Crippen LogP contribution in [0.25, 0.3) is 0 Å². The van der Waals surface area contributed by atoms with E-state index >= 15 is 0 Å². The highest BCUT2D eigenvalue weighted by molar-refractivity contribution is 5.97. The number of methoxy groups -OCH3 is 1. The summed E-state index contributed by atoms with van der Waals surface area (Å²) >= 11 is 0. The van der Waals surface area contributed by atoms with E-state index in [-0.39, 0.29) is 5.69 Å². The number of anilines is 1. The molecule has 20 heavy (non-hydrogen) atoms. The summed E-state index contributed by atoms with van der Waals surface area (Å²) in [7, 11) is 1.41. The largest absolute Gasteiger partial charge is 0.368 e. The maximum absolute atomic E-state index is 13.1. The zero-order valence-corrected chi connectivity index (χ0v) is 10.9. The highest BCUT2D eigenvalue weighted by Gasteiger charge is 2.39. The number of benzene rings is 1. The summed E-state index contributed by atoms with van der Waals surface area (Å²) in [5.41, 5.74) is -1.17. The van der Waals surface area contributed by atoms with Crippen molar-refractivity contribution in [2.75, 3.05) is 25.5 Å². The minimum atomic E-state index is -1.56. The summed E-state index contributed by atoms with van der Waals surface area (Å²) < 4.78 is 44.3.